The molecule has 0 saturated carbocycles. The van der Waals surface area contributed by atoms with E-state index in [9.17, 15) is 0 Å². The van der Waals surface area contributed by atoms with Gasteiger partial charge in [0.2, 0.25) is 0 Å². The van der Waals surface area contributed by atoms with Crippen LogP contribution in [0.25, 0.3) is 0 Å². The number of methoxy groups -OCH3 is 1. The van der Waals surface area contributed by atoms with E-state index in [-0.39, 0.29) is 0 Å². The highest BCUT2D eigenvalue weighted by molar-refractivity contribution is 5.39. The van der Waals surface area contributed by atoms with Crippen LogP contribution in [0, 0.1) is 0 Å². The van der Waals surface area contributed by atoms with Crippen LogP contribution in [0.1, 0.15) is 12.8 Å². The number of hydrogen-bond donors (Lipinski definition) is 1. The normalized spacial score (nSPS) is 18.9. The lowest BCUT2D eigenvalue weighted by Gasteiger charge is -2.29. The number of nitrogens with one attached hydrogen (secondary N) is 1. The Morgan fingerprint density at radius 2 is 2.25 bits per heavy atom. The van der Waals surface area contributed by atoms with Crippen molar-refractivity contribution in [3.8, 4) is 0 Å². The van der Waals surface area contributed by atoms with Crippen molar-refractivity contribution in [2.75, 3.05) is 32.6 Å². The minimum atomic E-state index is 0.509. The number of hydrogen-bond acceptors (Lipinski definition) is 4. The Hall–Kier alpha value is -1.07. The first kappa shape index (κ1) is 11.4. The Kier molecular flexibility index (Phi) is 3.79. The number of aromatic nitrogens is 2. The van der Waals surface area contributed by atoms with Gasteiger partial charge in [-0.3, -0.25) is 0 Å². The molecule has 1 N–H and O–H groups in total. The van der Waals surface area contributed by atoms with E-state index < -0.39 is 0 Å². The molecule has 0 spiro atoms. The SMILES string of the molecule is COCn1cc(NC2CCN(C)CC2)cn1. The standard InChI is InChI=1S/C11H20N4O/c1-14-5-3-10(4-6-14)13-11-7-12-15(8-11)9-16-2/h7-8,10,13H,3-6,9H2,1-2H3. The molecule has 1 aliphatic rings. The average Bonchev–Trinajstić information content (AvgIpc) is 2.70. The van der Waals surface area contributed by atoms with Crippen LogP contribution in [0.2, 0.25) is 0 Å². The van der Waals surface area contributed by atoms with Crippen LogP contribution in [0.5, 0.6) is 0 Å². The molecule has 2 heterocycles. The summed E-state index contributed by atoms with van der Waals surface area (Å²) < 4.78 is 6.80. The summed E-state index contributed by atoms with van der Waals surface area (Å²) in [6.45, 7) is 2.85. The summed E-state index contributed by atoms with van der Waals surface area (Å²) in [5.41, 5.74) is 1.09. The fourth-order valence-corrected chi connectivity index (χ4v) is 2.03. The fraction of sp³-hybridized carbons (Fsp3) is 0.727. The molecule has 0 radical (unpaired) electrons. The molecule has 5 heteroatoms. The number of piperidine rings is 1. The topological polar surface area (TPSA) is 42.3 Å². The molecule has 0 atom stereocenters. The van der Waals surface area contributed by atoms with Gasteiger partial charge in [0.15, 0.2) is 0 Å². The summed E-state index contributed by atoms with van der Waals surface area (Å²) in [5.74, 6) is 0. The Morgan fingerprint density at radius 3 is 2.94 bits per heavy atom. The van der Waals surface area contributed by atoms with Crippen molar-refractivity contribution in [1.29, 1.82) is 0 Å². The zero-order valence-electron chi connectivity index (χ0n) is 10.0. The van der Waals surface area contributed by atoms with Gasteiger partial charge in [0.1, 0.15) is 6.73 Å². The summed E-state index contributed by atoms with van der Waals surface area (Å²) in [6.07, 6.45) is 6.25. The molecule has 5 nitrogen and oxygen atoms in total. The van der Waals surface area contributed by atoms with E-state index in [1.165, 1.54) is 25.9 Å². The molecule has 1 aromatic heterocycles. The van der Waals surface area contributed by atoms with Gasteiger partial charge >= 0.3 is 0 Å². The highest BCUT2D eigenvalue weighted by Crippen LogP contribution is 2.15. The van der Waals surface area contributed by atoms with Crippen LogP contribution in [0.3, 0.4) is 0 Å². The zero-order chi connectivity index (χ0) is 11.4. The highest BCUT2D eigenvalue weighted by Gasteiger charge is 2.16. The van der Waals surface area contributed by atoms with Crippen LogP contribution >= 0.6 is 0 Å². The van der Waals surface area contributed by atoms with E-state index in [2.05, 4.69) is 22.4 Å². The predicted molar refractivity (Wildman–Crippen MR) is 63.4 cm³/mol. The summed E-state index contributed by atoms with van der Waals surface area (Å²) in [6, 6.07) is 0.580. The first-order valence-corrected chi connectivity index (χ1v) is 5.74. The van der Waals surface area contributed by atoms with Crippen LogP contribution < -0.4 is 5.32 Å². The lowest BCUT2D eigenvalue weighted by molar-refractivity contribution is 0.120. The van der Waals surface area contributed by atoms with E-state index in [4.69, 9.17) is 4.74 Å². The third-order valence-corrected chi connectivity index (χ3v) is 2.98. The van der Waals surface area contributed by atoms with E-state index in [1.54, 1.807) is 11.8 Å². The number of likely N-dealkylation sites (tertiary alicyclic amines) is 1. The molecular formula is C11H20N4O. The molecule has 0 bridgehead atoms. The van der Waals surface area contributed by atoms with Gasteiger partial charge in [-0.25, -0.2) is 4.68 Å². The van der Waals surface area contributed by atoms with Crippen molar-refractivity contribution in [3.63, 3.8) is 0 Å². The number of nitrogens with zero attached hydrogens (tertiary/aromatic N) is 3. The Morgan fingerprint density at radius 1 is 1.50 bits per heavy atom. The summed E-state index contributed by atoms with van der Waals surface area (Å²) >= 11 is 0. The third-order valence-electron chi connectivity index (χ3n) is 2.98. The monoisotopic (exact) mass is 224 g/mol. The Labute approximate surface area is 96.4 Å². The Bertz CT molecular complexity index is 318. The van der Waals surface area contributed by atoms with Crippen molar-refractivity contribution < 1.29 is 4.74 Å². The molecule has 0 amide bonds. The van der Waals surface area contributed by atoms with Crippen molar-refractivity contribution in [1.82, 2.24) is 14.7 Å². The van der Waals surface area contributed by atoms with Crippen molar-refractivity contribution >= 4 is 5.69 Å². The average molecular weight is 224 g/mol. The van der Waals surface area contributed by atoms with Gasteiger partial charge in [0.05, 0.1) is 18.1 Å². The van der Waals surface area contributed by atoms with E-state index in [0.717, 1.165) is 5.69 Å². The summed E-state index contributed by atoms with van der Waals surface area (Å²) in [5, 5.41) is 7.72. The molecule has 0 unspecified atom stereocenters. The van der Waals surface area contributed by atoms with Crippen LogP contribution in [-0.4, -0.2) is 48.0 Å². The molecular weight excluding hydrogens is 204 g/mol. The lowest BCUT2D eigenvalue weighted by Crippen LogP contribution is -2.36. The van der Waals surface area contributed by atoms with Crippen molar-refractivity contribution in [2.45, 2.75) is 25.6 Å². The molecule has 1 saturated heterocycles. The van der Waals surface area contributed by atoms with Gasteiger partial charge in [-0.1, -0.05) is 0 Å². The zero-order valence-corrected chi connectivity index (χ0v) is 10.0. The van der Waals surface area contributed by atoms with Gasteiger partial charge in [-0.15, -0.1) is 0 Å². The van der Waals surface area contributed by atoms with Gasteiger partial charge < -0.3 is 15.0 Å². The number of ether oxygens (including phenoxy) is 1. The van der Waals surface area contributed by atoms with Crippen LogP contribution in [0.15, 0.2) is 12.4 Å². The molecule has 1 aromatic rings. The Balaban J connectivity index is 1.83. The van der Waals surface area contributed by atoms with Gasteiger partial charge in [0, 0.05) is 13.2 Å². The maximum atomic E-state index is 5.01. The third kappa shape index (κ3) is 2.96. The van der Waals surface area contributed by atoms with Gasteiger partial charge in [-0.2, -0.15) is 5.10 Å². The minimum Gasteiger partial charge on any atom is -0.380 e. The van der Waals surface area contributed by atoms with Crippen molar-refractivity contribution in [2.24, 2.45) is 0 Å². The lowest BCUT2D eigenvalue weighted by atomic mass is 10.1. The second-order valence-electron chi connectivity index (χ2n) is 4.41. The first-order valence-electron chi connectivity index (χ1n) is 5.74. The molecule has 16 heavy (non-hydrogen) atoms. The quantitative estimate of drug-likeness (QED) is 0.828. The van der Waals surface area contributed by atoms with Crippen LogP contribution in [0.4, 0.5) is 5.69 Å². The minimum absolute atomic E-state index is 0.509. The molecule has 1 fully saturated rings. The first-order chi connectivity index (χ1) is 7.78. The summed E-state index contributed by atoms with van der Waals surface area (Å²) in [4.78, 5) is 2.37. The van der Waals surface area contributed by atoms with Crippen molar-refractivity contribution in [3.05, 3.63) is 12.4 Å². The van der Waals surface area contributed by atoms with Gasteiger partial charge in [0.25, 0.3) is 0 Å². The molecule has 0 aromatic carbocycles. The maximum Gasteiger partial charge on any atom is 0.138 e. The largest absolute Gasteiger partial charge is 0.380 e. The number of anilines is 1. The van der Waals surface area contributed by atoms with E-state index >= 15 is 0 Å². The molecule has 1 aliphatic heterocycles. The van der Waals surface area contributed by atoms with E-state index in [1.807, 2.05) is 12.4 Å². The summed E-state index contributed by atoms with van der Waals surface area (Å²) in [7, 11) is 3.85. The number of rotatable bonds is 4. The maximum absolute atomic E-state index is 5.01. The van der Waals surface area contributed by atoms with Crippen LogP contribution in [-0.2, 0) is 11.5 Å². The smallest absolute Gasteiger partial charge is 0.138 e. The molecule has 2 rings (SSSR count). The fourth-order valence-electron chi connectivity index (χ4n) is 2.03. The molecule has 90 valence electrons. The highest BCUT2D eigenvalue weighted by atomic mass is 16.5. The second-order valence-corrected chi connectivity index (χ2v) is 4.41. The van der Waals surface area contributed by atoms with Gasteiger partial charge in [-0.05, 0) is 33.0 Å². The molecule has 0 aliphatic carbocycles. The predicted octanol–water partition coefficient (Wildman–Crippen LogP) is 0.993. The second kappa shape index (κ2) is 5.32. The van der Waals surface area contributed by atoms with E-state index in [0.29, 0.717) is 12.8 Å².